The molecule has 0 aromatic carbocycles. The Morgan fingerprint density at radius 3 is 2.93 bits per heavy atom. The van der Waals surface area contributed by atoms with Crippen molar-refractivity contribution in [1.29, 1.82) is 0 Å². The first-order chi connectivity index (χ1) is 14.1. The van der Waals surface area contributed by atoms with E-state index in [9.17, 15) is 4.39 Å². The molecule has 0 spiro atoms. The second-order valence-corrected chi connectivity index (χ2v) is 7.11. The third-order valence-electron chi connectivity index (χ3n) is 4.85. The van der Waals surface area contributed by atoms with Crippen LogP contribution in [0.15, 0.2) is 69.4 Å². The van der Waals surface area contributed by atoms with Gasteiger partial charge >= 0.3 is 0 Å². The number of nitrogens with one attached hydrogen (secondary N) is 1. The smallest absolute Gasteiger partial charge is 0.213 e. The number of allylic oxidation sites excluding steroid dienone is 3. The van der Waals surface area contributed by atoms with E-state index in [0.29, 0.717) is 28.3 Å². The Hall–Kier alpha value is -3.06. The zero-order chi connectivity index (χ0) is 20.4. The van der Waals surface area contributed by atoms with Crippen LogP contribution in [0.1, 0.15) is 19.0 Å². The normalized spacial score (nSPS) is 21.1. The van der Waals surface area contributed by atoms with Crippen LogP contribution in [0.25, 0.3) is 0 Å². The molecule has 0 radical (unpaired) electrons. The molecule has 0 amide bonds. The van der Waals surface area contributed by atoms with Crippen LogP contribution in [0.5, 0.6) is 5.88 Å². The maximum Gasteiger partial charge on any atom is 0.213 e. The number of ether oxygens (including phenoxy) is 1. The summed E-state index contributed by atoms with van der Waals surface area (Å²) in [5.41, 5.74) is 1.63. The Morgan fingerprint density at radius 2 is 2.14 bits per heavy atom. The van der Waals surface area contributed by atoms with Gasteiger partial charge in [0.15, 0.2) is 11.7 Å². The predicted molar refractivity (Wildman–Crippen MR) is 112 cm³/mol. The molecule has 8 heteroatoms. The van der Waals surface area contributed by atoms with Gasteiger partial charge in [-0.15, -0.1) is 0 Å². The number of nitrogens with zero attached hydrogens (tertiary/aromatic N) is 4. The summed E-state index contributed by atoms with van der Waals surface area (Å²) in [6.07, 6.45) is 7.28. The van der Waals surface area contributed by atoms with Crippen LogP contribution in [-0.2, 0) is 0 Å². The highest BCUT2D eigenvalue weighted by molar-refractivity contribution is 6.35. The minimum atomic E-state index is -0.481. The van der Waals surface area contributed by atoms with Gasteiger partial charge in [0.05, 0.1) is 25.0 Å². The topological polar surface area (TPSA) is 71.8 Å². The average Bonchev–Trinajstić information content (AvgIpc) is 2.87. The molecule has 1 N–H and O–H groups in total. The molecule has 2 aromatic rings. The minimum absolute atomic E-state index is 0.00626. The monoisotopic (exact) mass is 411 g/mol. The van der Waals surface area contributed by atoms with Gasteiger partial charge in [-0.25, -0.2) is 14.4 Å². The maximum absolute atomic E-state index is 14.3. The van der Waals surface area contributed by atoms with Gasteiger partial charge in [-0.05, 0) is 31.6 Å². The first-order valence-corrected chi connectivity index (χ1v) is 9.55. The molecule has 1 aliphatic heterocycles. The van der Waals surface area contributed by atoms with Crippen LogP contribution in [0.4, 0.5) is 10.1 Å². The Balaban J connectivity index is 1.85. The number of fused-ring (bicyclic) bond motifs is 1. The van der Waals surface area contributed by atoms with E-state index in [1.807, 2.05) is 31.2 Å². The number of hydrogen-bond donors (Lipinski definition) is 1. The summed E-state index contributed by atoms with van der Waals surface area (Å²) in [4.78, 5) is 17.8. The summed E-state index contributed by atoms with van der Waals surface area (Å²) >= 11 is 6.55. The molecule has 0 bridgehead atoms. The van der Waals surface area contributed by atoms with Crippen LogP contribution in [0, 0.1) is 11.7 Å². The molecule has 0 saturated carbocycles. The summed E-state index contributed by atoms with van der Waals surface area (Å²) in [6, 6.07) is 6.84. The number of methoxy groups -OCH3 is 1. The van der Waals surface area contributed by atoms with Crippen molar-refractivity contribution in [3.63, 3.8) is 0 Å². The number of hydrogen-bond acceptors (Lipinski definition) is 6. The van der Waals surface area contributed by atoms with Gasteiger partial charge in [-0.2, -0.15) is 0 Å². The lowest BCUT2D eigenvalue weighted by Crippen LogP contribution is -2.27. The fourth-order valence-corrected chi connectivity index (χ4v) is 3.70. The van der Waals surface area contributed by atoms with Crippen LogP contribution in [-0.4, -0.2) is 34.8 Å². The van der Waals surface area contributed by atoms with E-state index in [4.69, 9.17) is 26.3 Å². The van der Waals surface area contributed by atoms with E-state index in [0.717, 1.165) is 18.2 Å². The van der Waals surface area contributed by atoms with Crippen molar-refractivity contribution in [3.05, 3.63) is 70.9 Å². The van der Waals surface area contributed by atoms with Crippen molar-refractivity contribution >= 4 is 29.0 Å². The largest absolute Gasteiger partial charge is 0.481 e. The maximum atomic E-state index is 14.3. The molecule has 6 nitrogen and oxygen atoms in total. The Kier molecular flexibility index (Phi) is 5.40. The highest BCUT2D eigenvalue weighted by Gasteiger charge is 2.32. The standard InChI is InChI=1S/C21H19ClFN5O/c1-12-13-5-3-6-14(22)19(13)21(27-16-9-10-24-11-15(16)23)28-20(25-12)17-7-4-8-18(26-17)29-2/h3-4,6-13H,5H2,1-2H3,(H,24,25,27,28). The molecule has 29 heavy (non-hydrogen) atoms. The molecule has 2 aliphatic rings. The number of aromatic nitrogens is 2. The minimum Gasteiger partial charge on any atom is -0.481 e. The summed E-state index contributed by atoms with van der Waals surface area (Å²) in [7, 11) is 1.55. The molecule has 2 aromatic heterocycles. The van der Waals surface area contributed by atoms with E-state index < -0.39 is 5.82 Å². The van der Waals surface area contributed by atoms with E-state index >= 15 is 0 Å². The number of anilines is 1. The fraction of sp³-hybridized carbons (Fsp3) is 0.238. The zero-order valence-electron chi connectivity index (χ0n) is 15.9. The van der Waals surface area contributed by atoms with E-state index in [2.05, 4.69) is 15.3 Å². The van der Waals surface area contributed by atoms with Crippen LogP contribution < -0.4 is 10.1 Å². The van der Waals surface area contributed by atoms with Gasteiger partial charge in [0.2, 0.25) is 5.88 Å². The van der Waals surface area contributed by atoms with Crippen molar-refractivity contribution in [2.75, 3.05) is 12.4 Å². The van der Waals surface area contributed by atoms with E-state index in [1.165, 1.54) is 6.20 Å². The number of amidine groups is 2. The predicted octanol–water partition coefficient (Wildman–Crippen LogP) is 4.35. The van der Waals surface area contributed by atoms with Crippen molar-refractivity contribution in [2.24, 2.45) is 15.9 Å². The fourth-order valence-electron chi connectivity index (χ4n) is 3.38. The van der Waals surface area contributed by atoms with Gasteiger partial charge in [0.1, 0.15) is 11.5 Å². The van der Waals surface area contributed by atoms with Gasteiger partial charge in [0.25, 0.3) is 0 Å². The van der Waals surface area contributed by atoms with Crippen molar-refractivity contribution < 1.29 is 9.13 Å². The number of pyridine rings is 2. The highest BCUT2D eigenvalue weighted by Crippen LogP contribution is 2.35. The molecule has 2 unspecified atom stereocenters. The highest BCUT2D eigenvalue weighted by atomic mass is 35.5. The first-order valence-electron chi connectivity index (χ1n) is 9.18. The van der Waals surface area contributed by atoms with Crippen LogP contribution >= 0.6 is 11.6 Å². The molecule has 4 rings (SSSR count). The lowest BCUT2D eigenvalue weighted by molar-refractivity contribution is 0.397. The lowest BCUT2D eigenvalue weighted by atomic mass is 9.85. The summed E-state index contributed by atoms with van der Waals surface area (Å²) in [5.74, 6) is 0.863. The summed E-state index contributed by atoms with van der Waals surface area (Å²) < 4.78 is 19.5. The molecule has 148 valence electrons. The Morgan fingerprint density at radius 1 is 1.28 bits per heavy atom. The Bertz CT molecular complexity index is 1060. The number of rotatable bonds is 3. The van der Waals surface area contributed by atoms with Crippen molar-refractivity contribution in [2.45, 2.75) is 19.4 Å². The van der Waals surface area contributed by atoms with Crippen LogP contribution in [0.3, 0.4) is 0 Å². The van der Waals surface area contributed by atoms with E-state index in [1.54, 1.807) is 19.2 Å². The lowest BCUT2D eigenvalue weighted by Gasteiger charge is -2.26. The van der Waals surface area contributed by atoms with Crippen molar-refractivity contribution in [1.82, 2.24) is 9.97 Å². The third-order valence-corrected chi connectivity index (χ3v) is 5.18. The molecular weight excluding hydrogens is 393 g/mol. The molecule has 1 aliphatic carbocycles. The summed E-state index contributed by atoms with van der Waals surface area (Å²) in [6.45, 7) is 2.01. The summed E-state index contributed by atoms with van der Waals surface area (Å²) in [5, 5.41) is 3.65. The SMILES string of the molecule is COc1cccc(C2=NC(C)C3CC=CC(Cl)=C3C(Nc3ccncc3F)=N2)n1. The molecule has 0 saturated heterocycles. The van der Waals surface area contributed by atoms with Crippen molar-refractivity contribution in [3.8, 4) is 5.88 Å². The number of halogens is 2. The molecule has 2 atom stereocenters. The zero-order valence-corrected chi connectivity index (χ0v) is 16.7. The molecular formula is C21H19ClFN5O. The second-order valence-electron chi connectivity index (χ2n) is 6.71. The molecule has 3 heterocycles. The van der Waals surface area contributed by atoms with Gasteiger partial charge in [-0.3, -0.25) is 9.98 Å². The quantitative estimate of drug-likeness (QED) is 0.814. The van der Waals surface area contributed by atoms with E-state index in [-0.39, 0.29) is 17.6 Å². The van der Waals surface area contributed by atoms with Gasteiger partial charge in [-0.1, -0.05) is 23.7 Å². The van der Waals surface area contributed by atoms with Gasteiger partial charge < -0.3 is 10.1 Å². The first kappa shape index (κ1) is 19.3. The third kappa shape index (κ3) is 3.91. The van der Waals surface area contributed by atoms with Crippen LogP contribution in [0.2, 0.25) is 0 Å². The number of aliphatic imine (C=N–C) groups is 2. The van der Waals surface area contributed by atoms with Gasteiger partial charge in [0, 0.05) is 28.8 Å². The average molecular weight is 412 g/mol. The Labute approximate surface area is 172 Å². The molecule has 0 fully saturated rings. The second kappa shape index (κ2) is 8.13.